The summed E-state index contributed by atoms with van der Waals surface area (Å²) in [6.45, 7) is 0. The van der Waals surface area contributed by atoms with E-state index in [1.54, 1.807) is 6.07 Å². The summed E-state index contributed by atoms with van der Waals surface area (Å²) in [7, 11) is 1.35. The average Bonchev–Trinajstić information content (AvgIpc) is 2.73. The molecule has 0 saturated heterocycles. The fourth-order valence-electron chi connectivity index (χ4n) is 2.76. The van der Waals surface area contributed by atoms with Crippen LogP contribution in [0.5, 0.6) is 5.75 Å². The number of rotatable bonds is 5. The Balaban J connectivity index is 1.82. The van der Waals surface area contributed by atoms with Gasteiger partial charge in [-0.1, -0.05) is 18.2 Å². The average molecular weight is 432 g/mol. The highest BCUT2D eigenvalue weighted by Crippen LogP contribution is 2.31. The fourth-order valence-corrected chi connectivity index (χ4v) is 2.76. The molecule has 0 heterocycles. The summed E-state index contributed by atoms with van der Waals surface area (Å²) >= 11 is 0. The maximum Gasteiger partial charge on any atom is 0.416 e. The predicted molar refractivity (Wildman–Crippen MR) is 107 cm³/mol. The summed E-state index contributed by atoms with van der Waals surface area (Å²) in [6, 6.07) is 13.7. The molecule has 0 atom stereocenters. The molecular weight excluding hydrogens is 416 g/mol. The van der Waals surface area contributed by atoms with Crippen LogP contribution in [0.2, 0.25) is 0 Å². The van der Waals surface area contributed by atoms with Crippen LogP contribution in [0.25, 0.3) is 0 Å². The van der Waals surface area contributed by atoms with Crippen LogP contribution in [0.4, 0.5) is 28.9 Å². The number of halogens is 4. The van der Waals surface area contributed by atoms with Gasteiger partial charge in [0.05, 0.1) is 29.5 Å². The lowest BCUT2D eigenvalue weighted by Gasteiger charge is -2.13. The molecule has 3 aromatic rings. The third kappa shape index (κ3) is 5.19. The molecule has 9 heteroatoms. The minimum Gasteiger partial charge on any atom is -0.497 e. The summed E-state index contributed by atoms with van der Waals surface area (Å²) in [4.78, 5) is 25.1. The van der Waals surface area contributed by atoms with E-state index in [1.165, 1.54) is 49.6 Å². The second-order valence-corrected chi connectivity index (χ2v) is 6.38. The van der Waals surface area contributed by atoms with Crippen LogP contribution < -0.4 is 15.4 Å². The van der Waals surface area contributed by atoms with Gasteiger partial charge in [-0.05, 0) is 42.5 Å². The Morgan fingerprint density at radius 3 is 2.23 bits per heavy atom. The van der Waals surface area contributed by atoms with Crippen molar-refractivity contribution in [3.63, 3.8) is 0 Å². The number of amides is 2. The van der Waals surface area contributed by atoms with Gasteiger partial charge >= 0.3 is 6.18 Å². The Kier molecular flexibility index (Phi) is 6.24. The van der Waals surface area contributed by atoms with Gasteiger partial charge in [0.2, 0.25) is 0 Å². The second kappa shape index (κ2) is 8.86. The molecule has 0 aliphatic rings. The molecule has 3 aromatic carbocycles. The number of nitrogens with one attached hydrogen (secondary N) is 2. The van der Waals surface area contributed by atoms with E-state index in [1.807, 2.05) is 0 Å². The van der Waals surface area contributed by atoms with Crippen LogP contribution in [0.15, 0.2) is 66.7 Å². The molecule has 0 unspecified atom stereocenters. The van der Waals surface area contributed by atoms with Crippen molar-refractivity contribution < 1.29 is 31.9 Å². The van der Waals surface area contributed by atoms with Crippen molar-refractivity contribution in [1.82, 2.24) is 0 Å². The molecule has 2 amide bonds. The van der Waals surface area contributed by atoms with Gasteiger partial charge in [0.25, 0.3) is 11.8 Å². The standard InChI is InChI=1S/C22H16F4N2O3/c1-31-15-9-10-16(18(23)12-15)20(29)28-19-8-3-2-7-17(19)21(30)27-14-6-4-5-13(11-14)22(24,25)26/h2-12H,1H3,(H,27,30)(H,28,29). The van der Waals surface area contributed by atoms with E-state index in [2.05, 4.69) is 10.6 Å². The Morgan fingerprint density at radius 2 is 1.55 bits per heavy atom. The van der Waals surface area contributed by atoms with Crippen molar-refractivity contribution in [1.29, 1.82) is 0 Å². The number of carbonyl (C=O) groups is 2. The first kappa shape index (κ1) is 21.8. The van der Waals surface area contributed by atoms with Crippen LogP contribution in [0.3, 0.4) is 0 Å². The van der Waals surface area contributed by atoms with E-state index in [0.29, 0.717) is 0 Å². The first-order valence-corrected chi connectivity index (χ1v) is 8.91. The van der Waals surface area contributed by atoms with Crippen LogP contribution >= 0.6 is 0 Å². The van der Waals surface area contributed by atoms with Crippen molar-refractivity contribution in [2.24, 2.45) is 0 Å². The third-order valence-electron chi connectivity index (χ3n) is 4.29. The molecule has 160 valence electrons. The highest BCUT2D eigenvalue weighted by molar-refractivity contribution is 6.12. The van der Waals surface area contributed by atoms with Crippen LogP contribution in [0.1, 0.15) is 26.3 Å². The first-order valence-electron chi connectivity index (χ1n) is 8.91. The summed E-state index contributed by atoms with van der Waals surface area (Å²) in [6.07, 6.45) is -4.56. The number of benzene rings is 3. The van der Waals surface area contributed by atoms with Gasteiger partial charge in [0.15, 0.2) is 0 Å². The molecule has 0 fully saturated rings. The SMILES string of the molecule is COc1ccc(C(=O)Nc2ccccc2C(=O)Nc2cccc(C(F)(F)F)c2)c(F)c1. The monoisotopic (exact) mass is 432 g/mol. The number of alkyl halides is 3. The van der Waals surface area contributed by atoms with Gasteiger partial charge < -0.3 is 15.4 Å². The molecule has 2 N–H and O–H groups in total. The van der Waals surface area contributed by atoms with Gasteiger partial charge in [0, 0.05) is 11.8 Å². The zero-order valence-corrected chi connectivity index (χ0v) is 16.1. The molecule has 0 aromatic heterocycles. The Morgan fingerprint density at radius 1 is 0.839 bits per heavy atom. The predicted octanol–water partition coefficient (Wildman–Crippen LogP) is 5.36. The molecule has 0 bridgehead atoms. The van der Waals surface area contributed by atoms with Gasteiger partial charge in [-0.15, -0.1) is 0 Å². The topological polar surface area (TPSA) is 67.4 Å². The highest BCUT2D eigenvalue weighted by atomic mass is 19.4. The molecule has 0 aliphatic carbocycles. The number of methoxy groups -OCH3 is 1. The summed E-state index contributed by atoms with van der Waals surface area (Å²) in [5.74, 6) is -2.14. The summed E-state index contributed by atoms with van der Waals surface area (Å²) in [5, 5.41) is 4.82. The molecule has 0 radical (unpaired) electrons. The first-order chi connectivity index (χ1) is 14.7. The largest absolute Gasteiger partial charge is 0.497 e. The smallest absolute Gasteiger partial charge is 0.416 e. The number of carbonyl (C=O) groups excluding carboxylic acids is 2. The van der Waals surface area contributed by atoms with Crippen molar-refractivity contribution in [3.8, 4) is 5.75 Å². The van der Waals surface area contributed by atoms with Gasteiger partial charge in [-0.2, -0.15) is 13.2 Å². The number of ether oxygens (including phenoxy) is 1. The second-order valence-electron chi connectivity index (χ2n) is 6.38. The van der Waals surface area contributed by atoms with Crippen molar-refractivity contribution >= 4 is 23.2 Å². The normalized spacial score (nSPS) is 11.0. The molecule has 5 nitrogen and oxygen atoms in total. The van der Waals surface area contributed by atoms with E-state index in [9.17, 15) is 27.2 Å². The summed E-state index contributed by atoms with van der Waals surface area (Å²) < 4.78 is 57.7. The van der Waals surface area contributed by atoms with Crippen molar-refractivity contribution in [2.75, 3.05) is 17.7 Å². The van der Waals surface area contributed by atoms with E-state index >= 15 is 0 Å². The van der Waals surface area contributed by atoms with Gasteiger partial charge in [-0.25, -0.2) is 4.39 Å². The molecule has 0 aliphatic heterocycles. The van der Waals surface area contributed by atoms with Crippen LogP contribution in [-0.2, 0) is 6.18 Å². The van der Waals surface area contributed by atoms with Crippen molar-refractivity contribution in [2.45, 2.75) is 6.18 Å². The molecule has 31 heavy (non-hydrogen) atoms. The van der Waals surface area contributed by atoms with Crippen molar-refractivity contribution in [3.05, 3.63) is 89.2 Å². The zero-order valence-electron chi connectivity index (χ0n) is 16.1. The third-order valence-corrected chi connectivity index (χ3v) is 4.29. The minimum atomic E-state index is -4.56. The quantitative estimate of drug-likeness (QED) is 0.534. The molecule has 0 saturated carbocycles. The molecule has 0 spiro atoms. The maximum atomic E-state index is 14.2. The van der Waals surface area contributed by atoms with E-state index in [4.69, 9.17) is 4.74 Å². The Hall–Kier alpha value is -3.88. The number of anilines is 2. The molecular formula is C22H16F4N2O3. The van der Waals surface area contributed by atoms with Crippen LogP contribution in [0, 0.1) is 5.82 Å². The zero-order chi connectivity index (χ0) is 22.6. The van der Waals surface area contributed by atoms with E-state index in [-0.39, 0.29) is 28.3 Å². The maximum absolute atomic E-state index is 14.2. The highest BCUT2D eigenvalue weighted by Gasteiger charge is 2.30. The van der Waals surface area contributed by atoms with Gasteiger partial charge in [-0.3, -0.25) is 9.59 Å². The Labute approximate surface area is 174 Å². The van der Waals surface area contributed by atoms with Gasteiger partial charge in [0.1, 0.15) is 11.6 Å². The summed E-state index contributed by atoms with van der Waals surface area (Å²) in [5.41, 5.74) is -1.20. The van der Waals surface area contributed by atoms with E-state index in [0.717, 1.165) is 18.2 Å². The number of para-hydroxylation sites is 1. The minimum absolute atomic E-state index is 0.0119. The van der Waals surface area contributed by atoms with E-state index < -0.39 is 29.4 Å². The van der Waals surface area contributed by atoms with Crippen LogP contribution in [-0.4, -0.2) is 18.9 Å². The lowest BCUT2D eigenvalue weighted by molar-refractivity contribution is -0.137. The number of hydrogen-bond donors (Lipinski definition) is 2. The fraction of sp³-hybridized carbons (Fsp3) is 0.0909. The molecule has 3 rings (SSSR count). The lowest BCUT2D eigenvalue weighted by Crippen LogP contribution is -2.19. The lowest BCUT2D eigenvalue weighted by atomic mass is 10.1. The Bertz CT molecular complexity index is 1130. The number of hydrogen-bond acceptors (Lipinski definition) is 3.